The van der Waals surface area contributed by atoms with Crippen LogP contribution in [-0.2, 0) is 0 Å². The normalized spacial score (nSPS) is 34.9. The summed E-state index contributed by atoms with van der Waals surface area (Å²) >= 11 is 0. The van der Waals surface area contributed by atoms with Crippen LogP contribution in [0, 0.1) is 5.41 Å². The number of hydrogen-bond acceptors (Lipinski definition) is 4. The first-order chi connectivity index (χ1) is 7.69. The summed E-state index contributed by atoms with van der Waals surface area (Å²) in [6.45, 7) is 7.20. The molecule has 0 aromatic heterocycles. The lowest BCUT2D eigenvalue weighted by Crippen LogP contribution is -2.51. The molecule has 0 amide bonds. The van der Waals surface area contributed by atoms with Crippen LogP contribution in [0.15, 0.2) is 11.1 Å². The molecular weight excluding hydrogens is 220 g/mol. The lowest BCUT2D eigenvalue weighted by Gasteiger charge is -2.44. The number of hydrogen-bond donors (Lipinski definition) is 4. The zero-order valence-electron chi connectivity index (χ0n) is 11.0. The van der Waals surface area contributed by atoms with E-state index in [-0.39, 0.29) is 0 Å². The molecule has 4 N–H and O–H groups in total. The van der Waals surface area contributed by atoms with E-state index in [4.69, 9.17) is 0 Å². The molecule has 1 aliphatic rings. The first-order valence-electron chi connectivity index (χ1n) is 6.12. The van der Waals surface area contributed by atoms with Crippen molar-refractivity contribution in [1.29, 1.82) is 0 Å². The Morgan fingerprint density at radius 3 is 2.24 bits per heavy atom. The number of aliphatic hydroxyl groups is 4. The molecule has 4 heteroatoms. The fourth-order valence-electron chi connectivity index (χ4n) is 2.59. The van der Waals surface area contributed by atoms with E-state index in [1.165, 1.54) is 0 Å². The van der Waals surface area contributed by atoms with Crippen molar-refractivity contribution < 1.29 is 20.4 Å². The summed E-state index contributed by atoms with van der Waals surface area (Å²) in [7, 11) is 0. The highest BCUT2D eigenvalue weighted by molar-refractivity contribution is 5.30. The molecule has 1 aliphatic carbocycles. The first-order valence-corrected chi connectivity index (χ1v) is 6.12. The van der Waals surface area contributed by atoms with E-state index >= 15 is 0 Å². The number of rotatable bonds is 3. The average Bonchev–Trinajstić information content (AvgIpc) is 2.23. The summed E-state index contributed by atoms with van der Waals surface area (Å²) in [5.74, 6) is 0. The van der Waals surface area contributed by atoms with E-state index in [2.05, 4.69) is 0 Å². The van der Waals surface area contributed by atoms with E-state index in [0.717, 1.165) is 5.57 Å². The molecule has 0 fully saturated rings. The van der Waals surface area contributed by atoms with Crippen LogP contribution in [0.5, 0.6) is 0 Å². The van der Waals surface area contributed by atoms with Gasteiger partial charge < -0.3 is 20.4 Å². The molecule has 0 spiro atoms. The molecule has 0 unspecified atom stereocenters. The van der Waals surface area contributed by atoms with Crippen LogP contribution in [0.4, 0.5) is 0 Å². The molecule has 0 aromatic rings. The van der Waals surface area contributed by atoms with Gasteiger partial charge in [-0.15, -0.1) is 0 Å². The third-order valence-corrected chi connectivity index (χ3v) is 3.90. The molecule has 17 heavy (non-hydrogen) atoms. The standard InChI is InChI=1S/C13H24O4/c1-7(14)5-6-9-8(2)10(15)11(16)12(17)13(9,3)4/h7,10-12,14-17H,5-6H2,1-4H3/t7-,10-,11-,12+/m1/s1. The number of aliphatic hydroxyl groups excluding tert-OH is 4. The van der Waals surface area contributed by atoms with Crippen LogP contribution in [0.25, 0.3) is 0 Å². The van der Waals surface area contributed by atoms with E-state index in [9.17, 15) is 20.4 Å². The second-order valence-corrected chi connectivity index (χ2v) is 5.65. The van der Waals surface area contributed by atoms with E-state index in [0.29, 0.717) is 18.4 Å². The molecule has 0 saturated carbocycles. The van der Waals surface area contributed by atoms with Gasteiger partial charge in [0.2, 0.25) is 0 Å². The van der Waals surface area contributed by atoms with Crippen molar-refractivity contribution in [2.45, 2.75) is 65.0 Å². The van der Waals surface area contributed by atoms with Crippen LogP contribution in [0.1, 0.15) is 40.5 Å². The van der Waals surface area contributed by atoms with Gasteiger partial charge in [0.05, 0.1) is 12.2 Å². The molecule has 4 atom stereocenters. The maximum absolute atomic E-state index is 10.0. The van der Waals surface area contributed by atoms with Crippen LogP contribution in [0.3, 0.4) is 0 Å². The van der Waals surface area contributed by atoms with Gasteiger partial charge in [-0.05, 0) is 32.3 Å². The van der Waals surface area contributed by atoms with Gasteiger partial charge in [-0.1, -0.05) is 19.4 Å². The topological polar surface area (TPSA) is 80.9 Å². The highest BCUT2D eigenvalue weighted by atomic mass is 16.4. The minimum absolute atomic E-state index is 0.410. The lowest BCUT2D eigenvalue weighted by atomic mass is 9.67. The Balaban J connectivity index is 3.03. The van der Waals surface area contributed by atoms with Gasteiger partial charge in [-0.25, -0.2) is 0 Å². The fraction of sp³-hybridized carbons (Fsp3) is 0.846. The van der Waals surface area contributed by atoms with E-state index in [1.54, 1.807) is 13.8 Å². The largest absolute Gasteiger partial charge is 0.393 e. The van der Waals surface area contributed by atoms with Crippen molar-refractivity contribution in [3.63, 3.8) is 0 Å². The van der Waals surface area contributed by atoms with E-state index < -0.39 is 29.8 Å². The van der Waals surface area contributed by atoms with Gasteiger partial charge in [0.1, 0.15) is 12.2 Å². The van der Waals surface area contributed by atoms with Gasteiger partial charge in [-0.3, -0.25) is 0 Å². The molecule has 0 radical (unpaired) electrons. The third-order valence-electron chi connectivity index (χ3n) is 3.90. The van der Waals surface area contributed by atoms with Gasteiger partial charge in [-0.2, -0.15) is 0 Å². The van der Waals surface area contributed by atoms with E-state index in [1.807, 2.05) is 13.8 Å². The molecule has 4 nitrogen and oxygen atoms in total. The summed E-state index contributed by atoms with van der Waals surface area (Å²) in [4.78, 5) is 0. The van der Waals surface area contributed by atoms with Crippen LogP contribution in [0.2, 0.25) is 0 Å². The molecule has 0 saturated heterocycles. The average molecular weight is 244 g/mol. The van der Waals surface area contributed by atoms with Crippen molar-refractivity contribution in [3.05, 3.63) is 11.1 Å². The Morgan fingerprint density at radius 2 is 1.76 bits per heavy atom. The Hall–Kier alpha value is -0.420. The second kappa shape index (κ2) is 5.06. The molecule has 0 heterocycles. The predicted molar refractivity (Wildman–Crippen MR) is 65.4 cm³/mol. The van der Waals surface area contributed by atoms with Gasteiger partial charge >= 0.3 is 0 Å². The maximum Gasteiger partial charge on any atom is 0.110 e. The summed E-state index contributed by atoms with van der Waals surface area (Å²) in [6, 6.07) is 0. The monoisotopic (exact) mass is 244 g/mol. The van der Waals surface area contributed by atoms with Gasteiger partial charge in [0.15, 0.2) is 0 Å². The minimum atomic E-state index is -1.14. The fourth-order valence-corrected chi connectivity index (χ4v) is 2.59. The first kappa shape index (κ1) is 14.6. The van der Waals surface area contributed by atoms with Crippen LogP contribution < -0.4 is 0 Å². The summed E-state index contributed by atoms with van der Waals surface area (Å²) in [5, 5.41) is 39.0. The zero-order valence-corrected chi connectivity index (χ0v) is 11.0. The SMILES string of the molecule is CC1=C(CC[C@@H](C)O)C(C)(C)[C@@H](O)[C@H](O)[C@@H]1O. The Morgan fingerprint density at radius 1 is 1.24 bits per heavy atom. The Kier molecular flexibility index (Phi) is 4.36. The van der Waals surface area contributed by atoms with Crippen LogP contribution in [-0.4, -0.2) is 44.8 Å². The summed E-state index contributed by atoms with van der Waals surface area (Å²) in [6.07, 6.45) is -2.33. The third kappa shape index (κ3) is 2.71. The second-order valence-electron chi connectivity index (χ2n) is 5.65. The maximum atomic E-state index is 10.0. The van der Waals surface area contributed by atoms with Crippen molar-refractivity contribution in [1.82, 2.24) is 0 Å². The Labute approximate surface area is 103 Å². The minimum Gasteiger partial charge on any atom is -0.393 e. The smallest absolute Gasteiger partial charge is 0.110 e. The van der Waals surface area contributed by atoms with Crippen molar-refractivity contribution in [3.8, 4) is 0 Å². The molecule has 0 aliphatic heterocycles. The lowest BCUT2D eigenvalue weighted by molar-refractivity contribution is -0.0963. The van der Waals surface area contributed by atoms with Crippen molar-refractivity contribution in [2.24, 2.45) is 5.41 Å². The van der Waals surface area contributed by atoms with Crippen molar-refractivity contribution >= 4 is 0 Å². The molecular formula is C13H24O4. The summed E-state index contributed by atoms with van der Waals surface area (Å²) in [5.41, 5.74) is 1.08. The molecule has 0 bridgehead atoms. The molecule has 0 aromatic carbocycles. The highest BCUT2D eigenvalue weighted by Gasteiger charge is 2.45. The Bertz CT molecular complexity index is 307. The molecule has 100 valence electrons. The molecule has 1 rings (SSSR count). The summed E-state index contributed by atoms with van der Waals surface area (Å²) < 4.78 is 0. The highest BCUT2D eigenvalue weighted by Crippen LogP contribution is 2.42. The van der Waals surface area contributed by atoms with Crippen molar-refractivity contribution in [2.75, 3.05) is 0 Å². The van der Waals surface area contributed by atoms with Gasteiger partial charge in [0.25, 0.3) is 0 Å². The van der Waals surface area contributed by atoms with Gasteiger partial charge in [0, 0.05) is 5.41 Å². The van der Waals surface area contributed by atoms with Crippen LogP contribution >= 0.6 is 0 Å². The quantitative estimate of drug-likeness (QED) is 0.548. The predicted octanol–water partition coefficient (Wildman–Crippen LogP) is 0.586. The zero-order chi connectivity index (χ0) is 13.4.